The van der Waals surface area contributed by atoms with Crippen LogP contribution in [0.5, 0.6) is 0 Å². The third-order valence-electron chi connectivity index (χ3n) is 4.64. The topological polar surface area (TPSA) is 69.3 Å². The summed E-state index contributed by atoms with van der Waals surface area (Å²) >= 11 is 6.54. The quantitative estimate of drug-likeness (QED) is 0.536. The molecule has 2 rings (SSSR count). The molecule has 6 nitrogen and oxygen atoms in total. The monoisotopic (exact) mass is 404 g/mol. The first-order valence-electron chi connectivity index (χ1n) is 8.88. The number of anilines is 1. The molecular weight excluding hydrogens is 380 g/mol. The summed E-state index contributed by atoms with van der Waals surface area (Å²) in [7, 11) is 3.58. The van der Waals surface area contributed by atoms with Gasteiger partial charge in [-0.05, 0) is 31.9 Å². The molecule has 1 aromatic rings. The summed E-state index contributed by atoms with van der Waals surface area (Å²) in [4.78, 5) is 29.3. The van der Waals surface area contributed by atoms with E-state index >= 15 is 0 Å². The SMILES string of the molecule is CCCCN(C)c1c(C=C2SC(=S)N(CC)C2=O)c(C)c(C#N)c(=O)n1C. The fourth-order valence-electron chi connectivity index (χ4n) is 3.08. The molecule has 1 amide bonds. The highest BCUT2D eigenvalue weighted by atomic mass is 32.2. The van der Waals surface area contributed by atoms with E-state index in [1.807, 2.05) is 24.9 Å². The van der Waals surface area contributed by atoms with Crippen molar-refractivity contribution in [2.75, 3.05) is 25.0 Å². The first kappa shape index (κ1) is 21.2. The van der Waals surface area contributed by atoms with Crippen molar-refractivity contribution in [2.45, 2.75) is 33.6 Å². The number of hydrogen-bond acceptors (Lipinski definition) is 6. The summed E-state index contributed by atoms with van der Waals surface area (Å²) in [6.07, 6.45) is 3.77. The van der Waals surface area contributed by atoms with E-state index < -0.39 is 0 Å². The van der Waals surface area contributed by atoms with Gasteiger partial charge >= 0.3 is 0 Å². The van der Waals surface area contributed by atoms with Crippen molar-refractivity contribution in [1.29, 1.82) is 5.26 Å². The van der Waals surface area contributed by atoms with Crippen LogP contribution in [-0.2, 0) is 11.8 Å². The number of aromatic nitrogens is 1. The summed E-state index contributed by atoms with van der Waals surface area (Å²) in [6.45, 7) is 7.02. The maximum Gasteiger partial charge on any atom is 0.270 e. The fraction of sp³-hybridized carbons (Fsp3) is 0.474. The van der Waals surface area contributed by atoms with Crippen molar-refractivity contribution in [1.82, 2.24) is 9.47 Å². The molecule has 0 atom stereocenters. The van der Waals surface area contributed by atoms with E-state index in [9.17, 15) is 14.9 Å². The lowest BCUT2D eigenvalue weighted by Gasteiger charge is -2.25. The van der Waals surface area contributed by atoms with Gasteiger partial charge in [0.25, 0.3) is 11.5 Å². The van der Waals surface area contributed by atoms with Gasteiger partial charge in [-0.15, -0.1) is 0 Å². The van der Waals surface area contributed by atoms with Gasteiger partial charge in [-0.25, -0.2) is 0 Å². The van der Waals surface area contributed by atoms with Crippen molar-refractivity contribution in [3.05, 3.63) is 31.9 Å². The lowest BCUT2D eigenvalue weighted by Crippen LogP contribution is -2.31. The Kier molecular flexibility index (Phi) is 6.84. The van der Waals surface area contributed by atoms with Gasteiger partial charge in [-0.3, -0.25) is 19.1 Å². The Bertz CT molecular complexity index is 912. The first-order chi connectivity index (χ1) is 12.8. The average molecular weight is 405 g/mol. The van der Waals surface area contributed by atoms with E-state index in [0.717, 1.165) is 19.4 Å². The van der Waals surface area contributed by atoms with Crippen molar-refractivity contribution >= 4 is 46.1 Å². The number of likely N-dealkylation sites (N-methyl/N-ethyl adjacent to an activating group) is 1. The van der Waals surface area contributed by atoms with Gasteiger partial charge in [0, 0.05) is 32.7 Å². The van der Waals surface area contributed by atoms with Crippen molar-refractivity contribution in [3.8, 4) is 6.07 Å². The molecule has 1 saturated heterocycles. The third-order valence-corrected chi connectivity index (χ3v) is 6.02. The molecule has 0 spiro atoms. The maximum absolute atomic E-state index is 12.6. The zero-order valence-corrected chi connectivity index (χ0v) is 18.0. The predicted molar refractivity (Wildman–Crippen MR) is 115 cm³/mol. The van der Waals surface area contributed by atoms with Gasteiger partial charge in [0.05, 0.1) is 4.91 Å². The van der Waals surface area contributed by atoms with Crippen molar-refractivity contribution in [3.63, 3.8) is 0 Å². The fourth-order valence-corrected chi connectivity index (χ4v) is 4.44. The minimum absolute atomic E-state index is 0.0994. The Morgan fingerprint density at radius 1 is 1.33 bits per heavy atom. The minimum Gasteiger partial charge on any atom is -0.360 e. The van der Waals surface area contributed by atoms with E-state index in [1.54, 1.807) is 24.9 Å². The number of pyridine rings is 1. The van der Waals surface area contributed by atoms with Crippen LogP contribution in [-0.4, -0.2) is 39.8 Å². The molecule has 27 heavy (non-hydrogen) atoms. The number of thioether (sulfide) groups is 1. The van der Waals surface area contributed by atoms with Crippen LogP contribution in [0.3, 0.4) is 0 Å². The number of thiocarbonyl (C=S) groups is 1. The number of rotatable bonds is 6. The summed E-state index contributed by atoms with van der Waals surface area (Å²) in [5.41, 5.74) is 1.07. The van der Waals surface area contributed by atoms with Crippen molar-refractivity contribution in [2.24, 2.45) is 7.05 Å². The molecule has 1 aromatic heterocycles. The molecular formula is C19H24N4O2S2. The van der Waals surface area contributed by atoms with Crippen LogP contribution < -0.4 is 10.5 Å². The molecule has 2 heterocycles. The largest absolute Gasteiger partial charge is 0.360 e. The highest BCUT2D eigenvalue weighted by Gasteiger charge is 2.31. The van der Waals surface area contributed by atoms with Crippen LogP contribution in [0, 0.1) is 18.3 Å². The van der Waals surface area contributed by atoms with E-state index in [0.29, 0.717) is 32.7 Å². The summed E-state index contributed by atoms with van der Waals surface area (Å²) in [5.74, 6) is 0.563. The van der Waals surface area contributed by atoms with Gasteiger partial charge in [0.2, 0.25) is 0 Å². The number of nitrogens with zero attached hydrogens (tertiary/aromatic N) is 4. The van der Waals surface area contributed by atoms with Gasteiger partial charge in [0.1, 0.15) is 21.8 Å². The molecule has 0 saturated carbocycles. The Labute approximate surface area is 169 Å². The maximum atomic E-state index is 12.6. The van der Waals surface area contributed by atoms with Crippen LogP contribution in [0.25, 0.3) is 6.08 Å². The number of hydrogen-bond donors (Lipinski definition) is 0. The van der Waals surface area contributed by atoms with E-state index in [4.69, 9.17) is 12.2 Å². The standard InChI is InChI=1S/C19H24N4O2S2/c1-6-8-9-21(4)16-13(12(3)14(11-20)17(24)22(16)5)10-15-18(25)23(7-2)19(26)27-15/h10H,6-9H2,1-5H3. The zero-order chi connectivity index (χ0) is 20.3. The number of nitriles is 1. The molecule has 0 bridgehead atoms. The first-order valence-corrected chi connectivity index (χ1v) is 10.1. The van der Waals surface area contributed by atoms with Crippen LogP contribution in [0.1, 0.15) is 43.4 Å². The molecule has 1 aliphatic rings. The summed E-state index contributed by atoms with van der Waals surface area (Å²) in [6, 6.07) is 2.01. The smallest absolute Gasteiger partial charge is 0.270 e. The van der Waals surface area contributed by atoms with E-state index in [1.165, 1.54) is 16.3 Å². The molecule has 0 unspecified atom stereocenters. The molecule has 144 valence electrons. The number of amides is 1. The van der Waals surface area contributed by atoms with Gasteiger partial charge in [-0.1, -0.05) is 37.3 Å². The Morgan fingerprint density at radius 2 is 2.00 bits per heavy atom. The van der Waals surface area contributed by atoms with Crippen molar-refractivity contribution < 1.29 is 4.79 Å². The zero-order valence-electron chi connectivity index (χ0n) is 16.3. The van der Waals surface area contributed by atoms with Gasteiger partial charge < -0.3 is 4.90 Å². The second-order valence-electron chi connectivity index (χ2n) is 6.41. The van der Waals surface area contributed by atoms with Crippen LogP contribution in [0.4, 0.5) is 5.82 Å². The number of carbonyl (C=O) groups excluding carboxylic acids is 1. The van der Waals surface area contributed by atoms with Gasteiger partial charge in [-0.2, -0.15) is 5.26 Å². The second-order valence-corrected chi connectivity index (χ2v) is 8.09. The summed E-state index contributed by atoms with van der Waals surface area (Å²) < 4.78 is 2.02. The molecule has 8 heteroatoms. The highest BCUT2D eigenvalue weighted by Crippen LogP contribution is 2.35. The second kappa shape index (κ2) is 8.72. The number of unbranched alkanes of at least 4 members (excludes halogenated alkanes) is 1. The third kappa shape index (κ3) is 3.94. The van der Waals surface area contributed by atoms with E-state index in [2.05, 4.69) is 6.92 Å². The van der Waals surface area contributed by atoms with Gasteiger partial charge in [0.15, 0.2) is 0 Å². The molecule has 0 N–H and O–H groups in total. The molecule has 0 aromatic carbocycles. The molecule has 0 aliphatic carbocycles. The lowest BCUT2D eigenvalue weighted by molar-refractivity contribution is -0.121. The molecule has 1 fully saturated rings. The Morgan fingerprint density at radius 3 is 2.52 bits per heavy atom. The minimum atomic E-state index is -0.327. The molecule has 1 aliphatic heterocycles. The highest BCUT2D eigenvalue weighted by molar-refractivity contribution is 8.26. The number of carbonyl (C=O) groups is 1. The van der Waals surface area contributed by atoms with E-state index in [-0.39, 0.29) is 17.0 Å². The lowest BCUT2D eigenvalue weighted by atomic mass is 10.0. The molecule has 0 radical (unpaired) electrons. The average Bonchev–Trinajstić information content (AvgIpc) is 2.91. The Balaban J connectivity index is 2.71. The van der Waals surface area contributed by atoms with Crippen LogP contribution in [0.2, 0.25) is 0 Å². The normalized spacial score (nSPS) is 15.6. The summed E-state index contributed by atoms with van der Waals surface area (Å²) in [5, 5.41) is 9.46. The van der Waals surface area contributed by atoms with Crippen LogP contribution >= 0.6 is 24.0 Å². The predicted octanol–water partition coefficient (Wildman–Crippen LogP) is 3.02. The van der Waals surface area contributed by atoms with Crippen LogP contribution in [0.15, 0.2) is 9.70 Å². The Hall–Kier alpha value is -2.11.